The van der Waals surface area contributed by atoms with E-state index in [0.29, 0.717) is 24.3 Å². The number of rotatable bonds is 6. The van der Waals surface area contributed by atoms with Gasteiger partial charge in [0.2, 0.25) is 5.78 Å². The number of fused-ring (bicyclic) bond motifs is 7. The van der Waals surface area contributed by atoms with Crippen LogP contribution in [0.3, 0.4) is 0 Å². The highest BCUT2D eigenvalue weighted by Crippen LogP contribution is 2.69. The molecular weight excluding hydrogens is 482 g/mol. The van der Waals surface area contributed by atoms with Crippen molar-refractivity contribution in [2.75, 3.05) is 12.3 Å². The molecule has 9 atom stereocenters. The lowest BCUT2D eigenvalue weighted by atomic mass is 9.46. The summed E-state index contributed by atoms with van der Waals surface area (Å²) in [6.07, 6.45) is 8.42. The maximum absolute atomic E-state index is 14.2. The smallest absolute Gasteiger partial charge is 0.205 e. The minimum Gasteiger partial charge on any atom is -0.486 e. The molecule has 5 unspecified atom stereocenters. The van der Waals surface area contributed by atoms with Crippen LogP contribution >= 0.6 is 0 Å². The number of nitrogen functional groups attached to an aromatic ring is 1. The molecule has 6 rings (SSSR count). The summed E-state index contributed by atoms with van der Waals surface area (Å²) >= 11 is 0. The zero-order valence-electron chi connectivity index (χ0n) is 22.5. The van der Waals surface area contributed by atoms with E-state index in [1.807, 2.05) is 6.08 Å². The quantitative estimate of drug-likeness (QED) is 0.535. The van der Waals surface area contributed by atoms with Crippen molar-refractivity contribution < 1.29 is 28.9 Å². The molecule has 1 aromatic carbocycles. The fourth-order valence-corrected chi connectivity index (χ4v) is 8.83. The summed E-state index contributed by atoms with van der Waals surface area (Å²) in [5.74, 6) is 0.789. The van der Waals surface area contributed by atoms with Gasteiger partial charge in [-0.2, -0.15) is 0 Å². The van der Waals surface area contributed by atoms with E-state index in [4.69, 9.17) is 19.9 Å². The number of anilines is 1. The largest absolute Gasteiger partial charge is 0.486 e. The molecule has 1 saturated heterocycles. The standard InChI is InChI=1S/C31H39NO6/c1-4-5-27-37-26-15-23-22-11-6-18-14-20(33)12-13-29(18,2)28(22)24(34)16-30(23,3)31(26,38-27)25(35)17-36-21-9-7-19(32)8-10-21/h7-10,12-14,22-24,26-28,34H,4-6,11,15-17,32H2,1-3H3/t22?,23?,24-,26?,27?,28?,29-,30-,31+/m0/s1. The number of nitrogens with two attached hydrogens (primary N) is 1. The van der Waals surface area contributed by atoms with Crippen LogP contribution in [0.15, 0.2) is 48.1 Å². The first-order valence-electron chi connectivity index (χ1n) is 14.1. The zero-order chi connectivity index (χ0) is 26.9. The Bertz CT molecular complexity index is 1190. The molecule has 0 bridgehead atoms. The number of Topliss-reactive ketones (excluding diaryl/α,β-unsaturated/α-hetero) is 1. The number of carbonyl (C=O) groups excluding carboxylic acids is 2. The second-order valence-electron chi connectivity index (χ2n) is 12.4. The predicted molar refractivity (Wildman–Crippen MR) is 142 cm³/mol. The molecular formula is C31H39NO6. The van der Waals surface area contributed by atoms with Gasteiger partial charge >= 0.3 is 0 Å². The van der Waals surface area contributed by atoms with Crippen LogP contribution in [0.2, 0.25) is 0 Å². The number of benzene rings is 1. The first-order chi connectivity index (χ1) is 18.1. The third-order valence-corrected chi connectivity index (χ3v) is 10.5. The van der Waals surface area contributed by atoms with Gasteiger partial charge in [0.05, 0.1) is 12.2 Å². The van der Waals surface area contributed by atoms with Crippen molar-refractivity contribution in [1.82, 2.24) is 0 Å². The van der Waals surface area contributed by atoms with Crippen molar-refractivity contribution in [3.63, 3.8) is 0 Å². The molecule has 0 spiro atoms. The highest BCUT2D eigenvalue weighted by Gasteiger charge is 2.75. The molecule has 4 aliphatic carbocycles. The summed E-state index contributed by atoms with van der Waals surface area (Å²) < 4.78 is 19.1. The van der Waals surface area contributed by atoms with Crippen molar-refractivity contribution in [3.05, 3.63) is 48.1 Å². The number of ketones is 2. The van der Waals surface area contributed by atoms with Gasteiger partial charge in [-0.05, 0) is 80.4 Å². The molecule has 204 valence electrons. The van der Waals surface area contributed by atoms with Gasteiger partial charge in [-0.3, -0.25) is 9.59 Å². The second kappa shape index (κ2) is 9.04. The number of hydrogen-bond donors (Lipinski definition) is 2. The fourth-order valence-electron chi connectivity index (χ4n) is 8.83. The van der Waals surface area contributed by atoms with E-state index >= 15 is 0 Å². The minimum absolute atomic E-state index is 0.0200. The van der Waals surface area contributed by atoms with E-state index < -0.39 is 23.4 Å². The Morgan fingerprint density at radius 3 is 2.74 bits per heavy atom. The third-order valence-electron chi connectivity index (χ3n) is 10.5. The maximum Gasteiger partial charge on any atom is 0.205 e. The zero-order valence-corrected chi connectivity index (χ0v) is 22.5. The number of ether oxygens (including phenoxy) is 3. The SMILES string of the molecule is CCCC1OC2CC3C4CCC5=CC(=O)C=C[C@]5(C)C4[C@@H](O)C[C@]3(C)[C@]2(C(=O)COc2ccc(N)cc2)O1. The van der Waals surface area contributed by atoms with Gasteiger partial charge in [-0.25, -0.2) is 0 Å². The van der Waals surface area contributed by atoms with Crippen LogP contribution in [0, 0.1) is 28.6 Å². The molecule has 1 aliphatic heterocycles. The molecule has 38 heavy (non-hydrogen) atoms. The van der Waals surface area contributed by atoms with Gasteiger partial charge in [-0.15, -0.1) is 0 Å². The normalized spacial score (nSPS) is 43.1. The number of aliphatic hydroxyl groups excluding tert-OH is 1. The van der Waals surface area contributed by atoms with Gasteiger partial charge < -0.3 is 25.1 Å². The van der Waals surface area contributed by atoms with Gasteiger partial charge in [-0.1, -0.05) is 38.8 Å². The van der Waals surface area contributed by atoms with Gasteiger partial charge in [0.1, 0.15) is 12.4 Å². The molecule has 7 nitrogen and oxygen atoms in total. The van der Waals surface area contributed by atoms with Gasteiger partial charge in [0, 0.05) is 22.4 Å². The fraction of sp³-hybridized carbons (Fsp3) is 0.613. The Balaban J connectivity index is 1.34. The Hall–Kier alpha value is -2.48. The lowest BCUT2D eigenvalue weighted by molar-refractivity contribution is -0.200. The number of carbonyl (C=O) groups is 2. The van der Waals surface area contributed by atoms with Gasteiger partial charge in [0.25, 0.3) is 0 Å². The molecule has 3 N–H and O–H groups in total. The van der Waals surface area contributed by atoms with Crippen LogP contribution in [-0.2, 0) is 19.1 Å². The average Bonchev–Trinajstić information content (AvgIpc) is 3.36. The van der Waals surface area contributed by atoms with E-state index in [2.05, 4.69) is 20.8 Å². The van der Waals surface area contributed by atoms with Crippen LogP contribution in [0.4, 0.5) is 5.69 Å². The molecule has 4 fully saturated rings. The van der Waals surface area contributed by atoms with Gasteiger partial charge in [0.15, 0.2) is 17.7 Å². The van der Waals surface area contributed by atoms with Crippen molar-refractivity contribution in [1.29, 1.82) is 0 Å². The Labute approximate surface area is 224 Å². The van der Waals surface area contributed by atoms with E-state index in [-0.39, 0.29) is 47.4 Å². The monoisotopic (exact) mass is 521 g/mol. The van der Waals surface area contributed by atoms with Crippen molar-refractivity contribution in [3.8, 4) is 5.75 Å². The highest BCUT2D eigenvalue weighted by molar-refractivity contribution is 6.01. The third kappa shape index (κ3) is 3.58. The van der Waals surface area contributed by atoms with Crippen LogP contribution in [0.1, 0.15) is 59.3 Å². The maximum atomic E-state index is 14.2. The summed E-state index contributed by atoms with van der Waals surface area (Å²) in [6.45, 7) is 6.23. The minimum atomic E-state index is -1.17. The van der Waals surface area contributed by atoms with E-state index in [1.165, 1.54) is 0 Å². The van der Waals surface area contributed by atoms with E-state index in [0.717, 1.165) is 31.3 Å². The molecule has 0 aromatic heterocycles. The van der Waals surface area contributed by atoms with Crippen LogP contribution in [-0.4, -0.2) is 47.4 Å². The summed E-state index contributed by atoms with van der Waals surface area (Å²) in [6, 6.07) is 7.01. The Morgan fingerprint density at radius 1 is 1.24 bits per heavy atom. The second-order valence-corrected chi connectivity index (χ2v) is 12.4. The lowest BCUT2D eigenvalue weighted by Gasteiger charge is -2.59. The number of allylic oxidation sites excluding steroid dienone is 4. The highest BCUT2D eigenvalue weighted by atomic mass is 16.7. The molecule has 0 amide bonds. The van der Waals surface area contributed by atoms with Crippen LogP contribution in [0.5, 0.6) is 5.75 Å². The van der Waals surface area contributed by atoms with Crippen molar-refractivity contribution in [2.24, 2.45) is 28.6 Å². The summed E-state index contributed by atoms with van der Waals surface area (Å²) in [5.41, 5.74) is 5.41. The number of hydrogen-bond acceptors (Lipinski definition) is 7. The summed E-state index contributed by atoms with van der Waals surface area (Å²) in [5, 5.41) is 11.8. The number of aliphatic hydroxyl groups is 1. The molecule has 3 saturated carbocycles. The molecule has 1 heterocycles. The summed E-state index contributed by atoms with van der Waals surface area (Å²) in [4.78, 5) is 26.3. The molecule has 7 heteroatoms. The Morgan fingerprint density at radius 2 is 2.00 bits per heavy atom. The molecule has 0 radical (unpaired) electrons. The Kier molecular flexibility index (Phi) is 6.13. The summed E-state index contributed by atoms with van der Waals surface area (Å²) in [7, 11) is 0. The predicted octanol–water partition coefficient (Wildman–Crippen LogP) is 4.39. The molecule has 1 aromatic rings. The molecule has 5 aliphatic rings. The van der Waals surface area contributed by atoms with Crippen molar-refractivity contribution >= 4 is 17.3 Å². The van der Waals surface area contributed by atoms with Crippen LogP contribution < -0.4 is 10.5 Å². The van der Waals surface area contributed by atoms with Crippen molar-refractivity contribution in [2.45, 2.75) is 83.4 Å². The lowest BCUT2D eigenvalue weighted by Crippen LogP contribution is -2.63. The van der Waals surface area contributed by atoms with E-state index in [9.17, 15) is 14.7 Å². The topological polar surface area (TPSA) is 108 Å². The van der Waals surface area contributed by atoms with Crippen LogP contribution in [0.25, 0.3) is 0 Å². The first-order valence-corrected chi connectivity index (χ1v) is 14.1. The average molecular weight is 522 g/mol. The first kappa shape index (κ1) is 25.8. The van der Waals surface area contributed by atoms with E-state index in [1.54, 1.807) is 36.4 Å².